The molecule has 8 heteroatoms. The molecule has 1 saturated carbocycles. The van der Waals surface area contributed by atoms with Crippen molar-refractivity contribution in [2.24, 2.45) is 0 Å². The number of rotatable bonds is 4. The zero-order chi connectivity index (χ0) is 25.1. The summed E-state index contributed by atoms with van der Waals surface area (Å²) in [7, 11) is 0. The van der Waals surface area contributed by atoms with Crippen LogP contribution in [0.1, 0.15) is 107 Å². The number of carbonyl (C=O) groups is 3. The van der Waals surface area contributed by atoms with E-state index < -0.39 is 11.6 Å². The number of thiophene rings is 1. The molecule has 0 radical (unpaired) electrons. The quantitative estimate of drug-likeness (QED) is 0.372. The lowest BCUT2D eigenvalue weighted by Crippen LogP contribution is -2.43. The third-order valence-electron chi connectivity index (χ3n) is 5.86. The number of likely N-dealkylation sites (tertiary alicyclic amines) is 1. The fourth-order valence-corrected chi connectivity index (χ4v) is 4.79. The van der Waals surface area contributed by atoms with Gasteiger partial charge in [0, 0.05) is 32.4 Å². The van der Waals surface area contributed by atoms with Gasteiger partial charge < -0.3 is 19.7 Å². The van der Waals surface area contributed by atoms with Gasteiger partial charge in [0.05, 0.1) is 5.69 Å². The minimum atomic E-state index is -0.531. The minimum Gasteiger partial charge on any atom is -0.458 e. The summed E-state index contributed by atoms with van der Waals surface area (Å²) in [5.41, 5.74) is 0.841. The fourth-order valence-electron chi connectivity index (χ4n) is 3.90. The predicted molar refractivity (Wildman–Crippen MR) is 137 cm³/mol. The van der Waals surface area contributed by atoms with Gasteiger partial charge in [-0.15, -0.1) is 11.3 Å². The van der Waals surface area contributed by atoms with Crippen LogP contribution in [0.15, 0.2) is 5.38 Å². The molecule has 1 aromatic rings. The zero-order valence-electron chi connectivity index (χ0n) is 21.5. The summed E-state index contributed by atoms with van der Waals surface area (Å²) in [6.45, 7) is 10.1. The Morgan fingerprint density at radius 3 is 2.03 bits per heavy atom. The van der Waals surface area contributed by atoms with Gasteiger partial charge in [0.25, 0.3) is 0 Å². The molecule has 7 nitrogen and oxygen atoms in total. The smallest absolute Gasteiger partial charge is 0.410 e. The first-order chi connectivity index (χ1) is 16.1. The average Bonchev–Trinajstić information content (AvgIpc) is 2.97. The van der Waals surface area contributed by atoms with Gasteiger partial charge in [0.1, 0.15) is 16.6 Å². The highest BCUT2D eigenvalue weighted by atomic mass is 32.1. The maximum absolute atomic E-state index is 12.6. The summed E-state index contributed by atoms with van der Waals surface area (Å²) in [5.74, 6) is -0.577. The molecule has 1 aliphatic heterocycles. The number of hydrogen-bond acceptors (Lipinski definition) is 6. The first-order valence-electron chi connectivity index (χ1n) is 12.7. The van der Waals surface area contributed by atoms with E-state index >= 15 is 0 Å². The van der Waals surface area contributed by atoms with Crippen LogP contribution in [-0.4, -0.2) is 47.7 Å². The van der Waals surface area contributed by atoms with Crippen LogP contribution in [0.25, 0.3) is 0 Å². The standard InChI is InChI=1S/C19H28N2O5S.C7H14/c1-6-14(22)20-15-12(2)11-27-16(15)17(23)25-13-7-9-21(10-8-13)18(24)26-19(3,4)5;1-2-4-6-7-5-3-1/h11,13H,6-10H2,1-5H3,(H,20,22);1-7H2. The summed E-state index contributed by atoms with van der Waals surface area (Å²) in [6.07, 6.45) is 11.4. The number of amides is 2. The van der Waals surface area contributed by atoms with Crippen LogP contribution in [0.5, 0.6) is 0 Å². The summed E-state index contributed by atoms with van der Waals surface area (Å²) in [4.78, 5) is 38.4. The minimum absolute atomic E-state index is 0.142. The third kappa shape index (κ3) is 9.65. The Kier molecular flexibility index (Phi) is 11.4. The molecule has 1 aliphatic carbocycles. The number of esters is 1. The first-order valence-corrected chi connectivity index (χ1v) is 13.6. The lowest BCUT2D eigenvalue weighted by Gasteiger charge is -2.33. The fraction of sp³-hybridized carbons (Fsp3) is 0.731. The van der Waals surface area contributed by atoms with E-state index in [1.165, 1.54) is 56.3 Å². The molecule has 0 atom stereocenters. The Morgan fingerprint density at radius 1 is 1.03 bits per heavy atom. The second kappa shape index (κ2) is 13.7. The SMILES string of the molecule is C1CCCCCC1.CCC(=O)Nc1c(C)csc1C(=O)OC1CCN(C(=O)OC(C)(C)C)CC1. The molecule has 1 N–H and O–H groups in total. The van der Waals surface area contributed by atoms with Crippen LogP contribution >= 0.6 is 11.3 Å². The van der Waals surface area contributed by atoms with Gasteiger partial charge in [-0.2, -0.15) is 0 Å². The predicted octanol–water partition coefficient (Wildman–Crippen LogP) is 6.69. The molecule has 1 aromatic heterocycles. The van der Waals surface area contributed by atoms with Gasteiger partial charge in [-0.3, -0.25) is 4.79 Å². The van der Waals surface area contributed by atoms with Gasteiger partial charge in [0.15, 0.2) is 0 Å². The largest absolute Gasteiger partial charge is 0.458 e. The van der Waals surface area contributed by atoms with Crippen molar-refractivity contribution >= 4 is 35.0 Å². The second-order valence-corrected chi connectivity index (χ2v) is 11.0. The zero-order valence-corrected chi connectivity index (χ0v) is 22.4. The Balaban J connectivity index is 0.000000497. The molecule has 2 aliphatic rings. The van der Waals surface area contributed by atoms with E-state index in [-0.39, 0.29) is 18.1 Å². The lowest BCUT2D eigenvalue weighted by molar-refractivity contribution is -0.115. The molecule has 0 unspecified atom stereocenters. The highest BCUT2D eigenvalue weighted by molar-refractivity contribution is 7.12. The first kappa shape index (κ1) is 28.1. The van der Waals surface area contributed by atoms with Crippen molar-refractivity contribution in [3.8, 4) is 0 Å². The van der Waals surface area contributed by atoms with Gasteiger partial charge in [0.2, 0.25) is 5.91 Å². The van der Waals surface area contributed by atoms with Crippen molar-refractivity contribution in [1.82, 2.24) is 4.90 Å². The highest BCUT2D eigenvalue weighted by Crippen LogP contribution is 2.30. The summed E-state index contributed by atoms with van der Waals surface area (Å²) >= 11 is 1.26. The molecule has 0 bridgehead atoms. The van der Waals surface area contributed by atoms with E-state index in [4.69, 9.17) is 9.47 Å². The lowest BCUT2D eigenvalue weighted by atomic mass is 10.1. The number of anilines is 1. The molecule has 34 heavy (non-hydrogen) atoms. The van der Waals surface area contributed by atoms with Gasteiger partial charge >= 0.3 is 12.1 Å². The number of hydrogen-bond donors (Lipinski definition) is 1. The summed E-state index contributed by atoms with van der Waals surface area (Å²) < 4.78 is 11.0. The van der Waals surface area contributed by atoms with Crippen LogP contribution in [0.3, 0.4) is 0 Å². The molecular formula is C26H42N2O5S. The monoisotopic (exact) mass is 494 g/mol. The number of piperidine rings is 1. The van der Waals surface area contributed by atoms with Crippen LogP contribution in [0.4, 0.5) is 10.5 Å². The Bertz CT molecular complexity index is 787. The summed E-state index contributed by atoms with van der Waals surface area (Å²) in [5, 5.41) is 4.60. The molecule has 192 valence electrons. The van der Waals surface area contributed by atoms with Gasteiger partial charge in [-0.25, -0.2) is 9.59 Å². The van der Waals surface area contributed by atoms with E-state index in [1.807, 2.05) is 33.1 Å². The van der Waals surface area contributed by atoms with Crippen molar-refractivity contribution < 1.29 is 23.9 Å². The van der Waals surface area contributed by atoms with Crippen LogP contribution in [0.2, 0.25) is 0 Å². The molecule has 2 amide bonds. The van der Waals surface area contributed by atoms with E-state index in [0.717, 1.165) is 5.56 Å². The molecule has 2 heterocycles. The number of nitrogens with zero attached hydrogens (tertiary/aromatic N) is 1. The van der Waals surface area contributed by atoms with Crippen LogP contribution in [-0.2, 0) is 14.3 Å². The average molecular weight is 495 g/mol. The second-order valence-electron chi connectivity index (χ2n) is 10.1. The number of carbonyl (C=O) groups excluding carboxylic acids is 3. The molecular weight excluding hydrogens is 452 g/mol. The van der Waals surface area contributed by atoms with E-state index in [9.17, 15) is 14.4 Å². The van der Waals surface area contributed by atoms with Crippen LogP contribution in [0, 0.1) is 6.92 Å². The molecule has 3 rings (SSSR count). The Labute approximate surface area is 208 Å². The van der Waals surface area contributed by atoms with Crippen molar-refractivity contribution in [2.45, 2.75) is 111 Å². The number of ether oxygens (including phenoxy) is 2. The van der Waals surface area contributed by atoms with E-state index in [2.05, 4.69) is 5.32 Å². The van der Waals surface area contributed by atoms with E-state index in [1.54, 1.807) is 11.8 Å². The maximum atomic E-state index is 12.6. The van der Waals surface area contributed by atoms with Crippen molar-refractivity contribution in [2.75, 3.05) is 18.4 Å². The summed E-state index contributed by atoms with van der Waals surface area (Å²) in [6, 6.07) is 0. The Morgan fingerprint density at radius 2 is 1.56 bits per heavy atom. The van der Waals surface area contributed by atoms with Crippen LogP contribution < -0.4 is 5.32 Å². The van der Waals surface area contributed by atoms with Crippen molar-refractivity contribution in [3.05, 3.63) is 15.8 Å². The third-order valence-corrected chi connectivity index (χ3v) is 6.94. The van der Waals surface area contributed by atoms with Gasteiger partial charge in [-0.1, -0.05) is 51.9 Å². The molecule has 0 aromatic carbocycles. The Hall–Kier alpha value is -2.09. The maximum Gasteiger partial charge on any atom is 0.410 e. The highest BCUT2D eigenvalue weighted by Gasteiger charge is 2.29. The van der Waals surface area contributed by atoms with Crippen molar-refractivity contribution in [1.29, 1.82) is 0 Å². The molecule has 2 fully saturated rings. The van der Waals surface area contributed by atoms with Crippen molar-refractivity contribution in [3.63, 3.8) is 0 Å². The number of nitrogens with one attached hydrogen (secondary N) is 1. The van der Waals surface area contributed by atoms with Gasteiger partial charge in [-0.05, 0) is 38.6 Å². The topological polar surface area (TPSA) is 84.9 Å². The number of aryl methyl sites for hydroxylation is 1. The van der Waals surface area contributed by atoms with E-state index in [0.29, 0.717) is 42.9 Å². The molecule has 1 saturated heterocycles. The normalized spacial score (nSPS) is 17.1. The molecule has 0 spiro atoms.